The number of halogens is 1. The molecule has 0 unspecified atom stereocenters. The largest absolute Gasteiger partial charge is 0.378 e. The maximum atomic E-state index is 12.3. The van der Waals surface area contributed by atoms with E-state index < -0.39 is 0 Å². The average Bonchev–Trinajstić information content (AvgIpc) is 2.49. The minimum atomic E-state index is -0.0858. The van der Waals surface area contributed by atoms with E-state index in [2.05, 4.69) is 28.2 Å². The number of amides is 1. The first-order valence-corrected chi connectivity index (χ1v) is 7.67. The fourth-order valence-corrected chi connectivity index (χ4v) is 2.49. The Morgan fingerprint density at radius 2 is 1.81 bits per heavy atom. The fourth-order valence-electron chi connectivity index (χ4n) is 2.08. The van der Waals surface area contributed by atoms with Crippen molar-refractivity contribution in [2.45, 2.75) is 13.3 Å². The van der Waals surface area contributed by atoms with Crippen molar-refractivity contribution in [3.8, 4) is 0 Å². The third-order valence-electron chi connectivity index (χ3n) is 3.34. The Hall–Kier alpha value is -1.81. The van der Waals surface area contributed by atoms with Gasteiger partial charge in [0.15, 0.2) is 0 Å². The van der Waals surface area contributed by atoms with Crippen LogP contribution >= 0.6 is 15.9 Å². The molecule has 0 aliphatic rings. The number of nitrogens with zero attached hydrogens (tertiary/aromatic N) is 1. The van der Waals surface area contributed by atoms with E-state index >= 15 is 0 Å². The minimum absolute atomic E-state index is 0.0858. The van der Waals surface area contributed by atoms with Gasteiger partial charge in [0.25, 0.3) is 5.91 Å². The quantitative estimate of drug-likeness (QED) is 0.893. The van der Waals surface area contributed by atoms with Crippen molar-refractivity contribution in [2.24, 2.45) is 0 Å². The van der Waals surface area contributed by atoms with Crippen LogP contribution in [0, 0.1) is 0 Å². The molecule has 3 nitrogen and oxygen atoms in total. The molecule has 1 amide bonds. The van der Waals surface area contributed by atoms with Gasteiger partial charge in [0.05, 0.1) is 0 Å². The first-order valence-electron chi connectivity index (χ1n) is 6.88. The van der Waals surface area contributed by atoms with Crippen LogP contribution in [0.5, 0.6) is 0 Å². The van der Waals surface area contributed by atoms with Crippen LogP contribution in [0.15, 0.2) is 46.9 Å². The highest BCUT2D eigenvalue weighted by molar-refractivity contribution is 9.10. The van der Waals surface area contributed by atoms with Gasteiger partial charge in [0.2, 0.25) is 0 Å². The number of carbonyl (C=O) groups excluding carboxylic acids is 1. The van der Waals surface area contributed by atoms with E-state index in [1.807, 2.05) is 61.5 Å². The molecular weight excluding hydrogens is 328 g/mol. The zero-order valence-electron chi connectivity index (χ0n) is 12.5. The summed E-state index contributed by atoms with van der Waals surface area (Å²) in [5.74, 6) is -0.0858. The summed E-state index contributed by atoms with van der Waals surface area (Å²) >= 11 is 3.45. The molecule has 4 heteroatoms. The smallest absolute Gasteiger partial charge is 0.255 e. The number of carbonyl (C=O) groups is 1. The molecule has 110 valence electrons. The molecule has 1 N–H and O–H groups in total. The molecular formula is C17H19BrN2O. The zero-order chi connectivity index (χ0) is 15.4. The highest BCUT2D eigenvalue weighted by atomic mass is 79.9. The Morgan fingerprint density at radius 3 is 2.38 bits per heavy atom. The predicted octanol–water partition coefficient (Wildman–Crippen LogP) is 4.33. The van der Waals surface area contributed by atoms with Crippen LogP contribution in [0.2, 0.25) is 0 Å². The fraction of sp³-hybridized carbons (Fsp3) is 0.235. The number of hydrogen-bond acceptors (Lipinski definition) is 2. The zero-order valence-corrected chi connectivity index (χ0v) is 14.1. The van der Waals surface area contributed by atoms with E-state index in [9.17, 15) is 4.79 Å². The summed E-state index contributed by atoms with van der Waals surface area (Å²) in [5, 5.41) is 2.98. The summed E-state index contributed by atoms with van der Waals surface area (Å²) in [5.41, 5.74) is 3.71. The molecule has 2 aromatic rings. The number of benzene rings is 2. The van der Waals surface area contributed by atoms with Crippen molar-refractivity contribution in [3.05, 3.63) is 58.1 Å². The Bertz CT molecular complexity index is 636. The molecule has 0 atom stereocenters. The van der Waals surface area contributed by atoms with Gasteiger partial charge in [0.1, 0.15) is 0 Å². The van der Waals surface area contributed by atoms with E-state index in [-0.39, 0.29) is 5.91 Å². The Balaban J connectivity index is 2.18. The van der Waals surface area contributed by atoms with Gasteiger partial charge in [-0.15, -0.1) is 0 Å². The standard InChI is InChI=1S/C17H19BrN2O/c1-4-12-11-14(18)7-10-16(12)19-17(21)13-5-8-15(9-6-13)20(2)3/h5-11H,4H2,1-3H3,(H,19,21). The van der Waals surface area contributed by atoms with Gasteiger partial charge in [-0.2, -0.15) is 0 Å². The Kier molecular flexibility index (Phi) is 5.02. The lowest BCUT2D eigenvalue weighted by atomic mass is 10.1. The van der Waals surface area contributed by atoms with Gasteiger partial charge in [-0.05, 0) is 54.4 Å². The Morgan fingerprint density at radius 1 is 1.14 bits per heavy atom. The van der Waals surface area contributed by atoms with Crippen molar-refractivity contribution in [1.29, 1.82) is 0 Å². The lowest BCUT2D eigenvalue weighted by Gasteiger charge is -2.13. The highest BCUT2D eigenvalue weighted by Gasteiger charge is 2.09. The summed E-state index contributed by atoms with van der Waals surface area (Å²) < 4.78 is 1.02. The van der Waals surface area contributed by atoms with Crippen LogP contribution in [-0.4, -0.2) is 20.0 Å². The summed E-state index contributed by atoms with van der Waals surface area (Å²) in [4.78, 5) is 14.3. The second kappa shape index (κ2) is 6.76. The molecule has 0 saturated heterocycles. The molecule has 21 heavy (non-hydrogen) atoms. The highest BCUT2D eigenvalue weighted by Crippen LogP contribution is 2.22. The van der Waals surface area contributed by atoms with Crippen LogP contribution in [0.4, 0.5) is 11.4 Å². The van der Waals surface area contributed by atoms with Crippen molar-refractivity contribution in [2.75, 3.05) is 24.3 Å². The van der Waals surface area contributed by atoms with Crippen LogP contribution in [0.1, 0.15) is 22.8 Å². The van der Waals surface area contributed by atoms with E-state index in [1.165, 1.54) is 0 Å². The van der Waals surface area contributed by atoms with Crippen LogP contribution in [0.25, 0.3) is 0 Å². The predicted molar refractivity (Wildman–Crippen MR) is 92.2 cm³/mol. The molecule has 0 aliphatic heterocycles. The van der Waals surface area contributed by atoms with Crippen LogP contribution in [-0.2, 0) is 6.42 Å². The monoisotopic (exact) mass is 346 g/mol. The van der Waals surface area contributed by atoms with E-state index in [4.69, 9.17) is 0 Å². The summed E-state index contributed by atoms with van der Waals surface area (Å²) in [6, 6.07) is 13.5. The number of hydrogen-bond donors (Lipinski definition) is 1. The molecule has 0 aromatic heterocycles. The summed E-state index contributed by atoms with van der Waals surface area (Å²) in [7, 11) is 3.95. The van der Waals surface area contributed by atoms with E-state index in [0.29, 0.717) is 5.56 Å². The maximum absolute atomic E-state index is 12.3. The third-order valence-corrected chi connectivity index (χ3v) is 3.84. The molecule has 0 fully saturated rings. The molecule has 0 bridgehead atoms. The van der Waals surface area contributed by atoms with Gasteiger partial charge in [0, 0.05) is 35.5 Å². The summed E-state index contributed by atoms with van der Waals surface area (Å²) in [6.45, 7) is 2.07. The number of aryl methyl sites for hydroxylation is 1. The van der Waals surface area contributed by atoms with Gasteiger partial charge < -0.3 is 10.2 Å². The van der Waals surface area contributed by atoms with E-state index in [1.54, 1.807) is 0 Å². The molecule has 2 aromatic carbocycles. The minimum Gasteiger partial charge on any atom is -0.378 e. The van der Waals surface area contributed by atoms with Gasteiger partial charge >= 0.3 is 0 Å². The molecule has 0 saturated carbocycles. The van der Waals surface area contributed by atoms with Gasteiger partial charge in [-0.1, -0.05) is 22.9 Å². The first kappa shape index (κ1) is 15.6. The lowest BCUT2D eigenvalue weighted by molar-refractivity contribution is 0.102. The number of anilines is 2. The van der Waals surface area contributed by atoms with Crippen molar-refractivity contribution < 1.29 is 4.79 Å². The molecule has 0 spiro atoms. The molecule has 0 heterocycles. The average molecular weight is 347 g/mol. The molecule has 0 radical (unpaired) electrons. The second-order valence-corrected chi connectivity index (χ2v) is 5.97. The Labute approximate surface area is 134 Å². The van der Waals surface area contributed by atoms with Crippen molar-refractivity contribution >= 4 is 33.2 Å². The van der Waals surface area contributed by atoms with Crippen molar-refractivity contribution in [1.82, 2.24) is 0 Å². The normalized spacial score (nSPS) is 10.3. The lowest BCUT2D eigenvalue weighted by Crippen LogP contribution is -2.14. The van der Waals surface area contributed by atoms with E-state index in [0.717, 1.165) is 27.8 Å². The van der Waals surface area contributed by atoms with Crippen LogP contribution in [0.3, 0.4) is 0 Å². The van der Waals surface area contributed by atoms with Gasteiger partial charge in [-0.3, -0.25) is 4.79 Å². The van der Waals surface area contributed by atoms with Crippen molar-refractivity contribution in [3.63, 3.8) is 0 Å². The second-order valence-electron chi connectivity index (χ2n) is 5.05. The first-order chi connectivity index (χ1) is 10.0. The third kappa shape index (κ3) is 3.85. The maximum Gasteiger partial charge on any atom is 0.255 e. The van der Waals surface area contributed by atoms with Gasteiger partial charge in [-0.25, -0.2) is 0 Å². The number of rotatable bonds is 4. The summed E-state index contributed by atoms with van der Waals surface area (Å²) in [6.07, 6.45) is 0.870. The van der Waals surface area contributed by atoms with Crippen LogP contribution < -0.4 is 10.2 Å². The SMILES string of the molecule is CCc1cc(Br)ccc1NC(=O)c1ccc(N(C)C)cc1. The molecule has 2 rings (SSSR count). The topological polar surface area (TPSA) is 32.3 Å². The molecule has 0 aliphatic carbocycles. The number of nitrogens with one attached hydrogen (secondary N) is 1.